The zero-order valence-electron chi connectivity index (χ0n) is 19.8. The summed E-state index contributed by atoms with van der Waals surface area (Å²) in [4.78, 5) is 30.3. The van der Waals surface area contributed by atoms with Crippen molar-refractivity contribution in [2.45, 2.75) is 6.61 Å². The summed E-state index contributed by atoms with van der Waals surface area (Å²) in [6.07, 6.45) is 0. The van der Waals surface area contributed by atoms with Crippen molar-refractivity contribution >= 4 is 34.5 Å². The summed E-state index contributed by atoms with van der Waals surface area (Å²) in [5.74, 6) is 0.574. The molecule has 1 N–H and O–H groups in total. The number of rotatable bonds is 7. The van der Waals surface area contributed by atoms with Gasteiger partial charge in [0.1, 0.15) is 12.4 Å². The highest BCUT2D eigenvalue weighted by atomic mass is 32.1. The van der Waals surface area contributed by atoms with Crippen molar-refractivity contribution in [3.05, 3.63) is 112 Å². The number of nitrogens with zero attached hydrogens (tertiary/aromatic N) is 2. The lowest BCUT2D eigenvalue weighted by molar-refractivity contribution is 0.0751. The predicted molar refractivity (Wildman–Crippen MR) is 144 cm³/mol. The van der Waals surface area contributed by atoms with E-state index in [0.29, 0.717) is 31.0 Å². The topological polar surface area (TPSA) is 61.9 Å². The van der Waals surface area contributed by atoms with Crippen LogP contribution in [-0.2, 0) is 6.61 Å². The molecular formula is C29H27N3O3S. The fourth-order valence-electron chi connectivity index (χ4n) is 4.15. The number of thiophene rings is 1. The molecule has 3 aromatic carbocycles. The zero-order valence-corrected chi connectivity index (χ0v) is 20.6. The summed E-state index contributed by atoms with van der Waals surface area (Å²) in [6, 6.07) is 28.7. The molecule has 7 heteroatoms. The van der Waals surface area contributed by atoms with Gasteiger partial charge in [0.25, 0.3) is 11.8 Å². The van der Waals surface area contributed by atoms with Crippen LogP contribution in [0.25, 0.3) is 0 Å². The lowest BCUT2D eigenvalue weighted by Crippen LogP contribution is -2.48. The Hall–Kier alpha value is -4.10. The molecule has 0 aliphatic carbocycles. The average Bonchev–Trinajstić information content (AvgIpc) is 3.48. The van der Waals surface area contributed by atoms with E-state index < -0.39 is 0 Å². The third-order valence-corrected chi connectivity index (χ3v) is 6.99. The molecule has 2 amide bonds. The molecule has 0 spiro atoms. The van der Waals surface area contributed by atoms with Gasteiger partial charge in [-0.25, -0.2) is 0 Å². The van der Waals surface area contributed by atoms with Gasteiger partial charge in [0, 0.05) is 43.1 Å². The largest absolute Gasteiger partial charge is 0.489 e. The minimum Gasteiger partial charge on any atom is -0.489 e. The van der Waals surface area contributed by atoms with Crippen molar-refractivity contribution in [3.8, 4) is 5.75 Å². The van der Waals surface area contributed by atoms with Crippen molar-refractivity contribution in [1.82, 2.24) is 4.90 Å². The number of amides is 2. The van der Waals surface area contributed by atoms with Crippen LogP contribution >= 0.6 is 11.3 Å². The maximum absolute atomic E-state index is 12.8. The van der Waals surface area contributed by atoms with E-state index in [1.807, 2.05) is 89.1 Å². The molecule has 0 radical (unpaired) electrons. The van der Waals surface area contributed by atoms with Crippen LogP contribution in [-0.4, -0.2) is 42.9 Å². The van der Waals surface area contributed by atoms with Gasteiger partial charge in [-0.05, 0) is 59.5 Å². The Kier molecular flexibility index (Phi) is 7.28. The van der Waals surface area contributed by atoms with E-state index in [9.17, 15) is 9.59 Å². The molecule has 0 saturated carbocycles. The highest BCUT2D eigenvalue weighted by Gasteiger charge is 2.22. The Labute approximate surface area is 214 Å². The van der Waals surface area contributed by atoms with Gasteiger partial charge in [-0.15, -0.1) is 11.3 Å². The molecule has 1 aliphatic rings. The van der Waals surface area contributed by atoms with Gasteiger partial charge in [-0.3, -0.25) is 9.59 Å². The molecule has 5 rings (SSSR count). The Morgan fingerprint density at radius 1 is 0.833 bits per heavy atom. The van der Waals surface area contributed by atoms with Crippen LogP contribution in [0.4, 0.5) is 11.4 Å². The van der Waals surface area contributed by atoms with Gasteiger partial charge in [-0.1, -0.05) is 42.5 Å². The second kappa shape index (κ2) is 11.1. The highest BCUT2D eigenvalue weighted by Crippen LogP contribution is 2.22. The normalized spacial score (nSPS) is 13.3. The van der Waals surface area contributed by atoms with Gasteiger partial charge in [0.05, 0.1) is 4.88 Å². The van der Waals surface area contributed by atoms with E-state index in [1.54, 1.807) is 12.1 Å². The van der Waals surface area contributed by atoms with Crippen LogP contribution in [0.3, 0.4) is 0 Å². The van der Waals surface area contributed by atoms with Crippen LogP contribution in [0.15, 0.2) is 96.4 Å². The van der Waals surface area contributed by atoms with Gasteiger partial charge in [-0.2, -0.15) is 0 Å². The summed E-state index contributed by atoms with van der Waals surface area (Å²) in [5.41, 5.74) is 3.41. The number of carbonyl (C=O) groups is 2. The minimum absolute atomic E-state index is 0.109. The molecule has 6 nitrogen and oxygen atoms in total. The fraction of sp³-hybridized carbons (Fsp3) is 0.172. The van der Waals surface area contributed by atoms with E-state index in [4.69, 9.17) is 4.74 Å². The van der Waals surface area contributed by atoms with Crippen molar-refractivity contribution < 1.29 is 14.3 Å². The summed E-state index contributed by atoms with van der Waals surface area (Å²) >= 11 is 1.48. The molecule has 0 atom stereocenters. The quantitative estimate of drug-likeness (QED) is 0.364. The molecule has 0 unspecified atom stereocenters. The summed E-state index contributed by atoms with van der Waals surface area (Å²) in [5, 5.41) is 4.89. The van der Waals surface area contributed by atoms with Crippen molar-refractivity contribution in [2.75, 3.05) is 36.4 Å². The first kappa shape index (κ1) is 23.6. The van der Waals surface area contributed by atoms with E-state index in [-0.39, 0.29) is 11.8 Å². The van der Waals surface area contributed by atoms with E-state index in [2.05, 4.69) is 10.2 Å². The first-order valence-electron chi connectivity index (χ1n) is 11.9. The number of carbonyl (C=O) groups excluding carboxylic acids is 2. The molecule has 1 fully saturated rings. The molecule has 1 aromatic heterocycles. The lowest BCUT2D eigenvalue weighted by Gasteiger charge is -2.36. The molecule has 36 heavy (non-hydrogen) atoms. The standard InChI is InChI=1S/C29H27N3O3S/c33-28(23-8-4-9-26(20-23)35-21-22-6-2-1-3-7-22)30-24-11-13-25(14-12-24)31-15-17-32(18-16-31)29(34)27-10-5-19-36-27/h1-14,19-20H,15-18,21H2,(H,30,33). The van der Waals surface area contributed by atoms with Gasteiger partial charge in [0.2, 0.25) is 0 Å². The molecule has 4 aromatic rings. The summed E-state index contributed by atoms with van der Waals surface area (Å²) < 4.78 is 5.85. The Morgan fingerprint density at radius 3 is 2.33 bits per heavy atom. The van der Waals surface area contributed by atoms with E-state index in [1.165, 1.54) is 11.3 Å². The third-order valence-electron chi connectivity index (χ3n) is 6.13. The Balaban J connectivity index is 1.14. The number of ether oxygens (including phenoxy) is 1. The van der Waals surface area contributed by atoms with Gasteiger partial charge >= 0.3 is 0 Å². The lowest BCUT2D eigenvalue weighted by atomic mass is 10.2. The molecule has 2 heterocycles. The van der Waals surface area contributed by atoms with Crippen molar-refractivity contribution in [1.29, 1.82) is 0 Å². The number of benzene rings is 3. The SMILES string of the molecule is O=C(Nc1ccc(N2CCN(C(=O)c3cccs3)CC2)cc1)c1cccc(OCc2ccccc2)c1. The van der Waals surface area contributed by atoms with Gasteiger partial charge < -0.3 is 19.9 Å². The second-order valence-corrected chi connectivity index (χ2v) is 9.51. The molecule has 1 saturated heterocycles. The van der Waals surface area contributed by atoms with Gasteiger partial charge in [0.15, 0.2) is 0 Å². The third kappa shape index (κ3) is 5.75. The molecule has 182 valence electrons. The molecule has 1 aliphatic heterocycles. The molecule has 0 bridgehead atoms. The Bertz CT molecular complexity index is 1300. The van der Waals surface area contributed by atoms with Crippen LogP contribution in [0.2, 0.25) is 0 Å². The Morgan fingerprint density at radius 2 is 1.61 bits per heavy atom. The first-order valence-corrected chi connectivity index (χ1v) is 12.8. The maximum Gasteiger partial charge on any atom is 0.264 e. The van der Waals surface area contributed by atoms with E-state index >= 15 is 0 Å². The van der Waals surface area contributed by atoms with Crippen LogP contribution in [0.5, 0.6) is 5.75 Å². The first-order chi connectivity index (χ1) is 17.7. The number of nitrogens with one attached hydrogen (secondary N) is 1. The summed E-state index contributed by atoms with van der Waals surface area (Å²) in [7, 11) is 0. The van der Waals surface area contributed by atoms with Crippen LogP contribution in [0.1, 0.15) is 25.6 Å². The summed E-state index contributed by atoms with van der Waals surface area (Å²) in [6.45, 7) is 3.39. The van der Waals surface area contributed by atoms with Crippen LogP contribution < -0.4 is 15.0 Å². The minimum atomic E-state index is -0.186. The molecular weight excluding hydrogens is 470 g/mol. The zero-order chi connectivity index (χ0) is 24.7. The van der Waals surface area contributed by atoms with Crippen molar-refractivity contribution in [3.63, 3.8) is 0 Å². The monoisotopic (exact) mass is 497 g/mol. The number of hydrogen-bond acceptors (Lipinski definition) is 5. The van der Waals surface area contributed by atoms with Crippen molar-refractivity contribution in [2.24, 2.45) is 0 Å². The number of anilines is 2. The maximum atomic E-state index is 12.8. The number of hydrogen-bond donors (Lipinski definition) is 1. The van der Waals surface area contributed by atoms with Crippen LogP contribution in [0, 0.1) is 0 Å². The van der Waals surface area contributed by atoms with E-state index in [0.717, 1.165) is 34.9 Å². The average molecular weight is 498 g/mol. The smallest absolute Gasteiger partial charge is 0.264 e. The number of piperazine rings is 1. The predicted octanol–water partition coefficient (Wildman–Crippen LogP) is 5.54. The highest BCUT2D eigenvalue weighted by molar-refractivity contribution is 7.12. The fourth-order valence-corrected chi connectivity index (χ4v) is 4.84. The second-order valence-electron chi connectivity index (χ2n) is 8.56.